The summed E-state index contributed by atoms with van der Waals surface area (Å²) in [6.45, 7) is 2.29. The molecule has 0 saturated carbocycles. The van der Waals surface area contributed by atoms with Gasteiger partial charge in [0.25, 0.3) is 0 Å². The van der Waals surface area contributed by atoms with Gasteiger partial charge in [0.15, 0.2) is 5.69 Å². The Hall–Kier alpha value is -2.41. The average molecular weight is 348 g/mol. The maximum Gasteiger partial charge on any atom is 0.355 e. The van der Waals surface area contributed by atoms with Gasteiger partial charge in [-0.15, -0.1) is 11.3 Å². The third-order valence-corrected chi connectivity index (χ3v) is 4.57. The number of thiazole rings is 1. The molecule has 2 rings (SSSR count). The molecule has 0 bridgehead atoms. The van der Waals surface area contributed by atoms with E-state index in [1.165, 1.54) is 16.7 Å². The Morgan fingerprint density at radius 1 is 1.33 bits per heavy atom. The Kier molecular flexibility index (Phi) is 6.31. The second-order valence-corrected chi connectivity index (χ2v) is 6.23. The standard InChI is InChI=1S/C17H20N2O4S/c1-3-11(12-4-6-13(23-2)7-5-12)8-15(20)18-9-16-19-14(10-24-16)17(21)22/h4-7,10-11H,3,8-9H2,1-2H3,(H,18,20)(H,21,22). The summed E-state index contributed by atoms with van der Waals surface area (Å²) in [6, 6.07) is 7.72. The summed E-state index contributed by atoms with van der Waals surface area (Å²) in [7, 11) is 1.62. The quantitative estimate of drug-likeness (QED) is 0.765. The van der Waals surface area contributed by atoms with Gasteiger partial charge in [-0.25, -0.2) is 9.78 Å². The highest BCUT2D eigenvalue weighted by molar-refractivity contribution is 7.09. The van der Waals surface area contributed by atoms with Gasteiger partial charge >= 0.3 is 5.97 Å². The van der Waals surface area contributed by atoms with Crippen molar-refractivity contribution in [1.82, 2.24) is 10.3 Å². The third-order valence-electron chi connectivity index (χ3n) is 3.72. The van der Waals surface area contributed by atoms with Crippen molar-refractivity contribution < 1.29 is 19.4 Å². The van der Waals surface area contributed by atoms with E-state index in [2.05, 4.69) is 10.3 Å². The molecular formula is C17H20N2O4S. The van der Waals surface area contributed by atoms with Crippen LogP contribution in [0.25, 0.3) is 0 Å². The van der Waals surface area contributed by atoms with Crippen molar-refractivity contribution in [2.75, 3.05) is 7.11 Å². The fourth-order valence-corrected chi connectivity index (χ4v) is 3.04. The maximum absolute atomic E-state index is 12.1. The number of nitrogens with zero attached hydrogens (tertiary/aromatic N) is 1. The van der Waals surface area contributed by atoms with Crippen LogP contribution in [0.3, 0.4) is 0 Å². The Balaban J connectivity index is 1.89. The number of hydrogen-bond acceptors (Lipinski definition) is 5. The highest BCUT2D eigenvalue weighted by Gasteiger charge is 2.15. The monoisotopic (exact) mass is 348 g/mol. The summed E-state index contributed by atoms with van der Waals surface area (Å²) in [5.74, 6) is -0.225. The number of carbonyl (C=O) groups excluding carboxylic acids is 1. The van der Waals surface area contributed by atoms with Gasteiger partial charge in [-0.05, 0) is 30.0 Å². The largest absolute Gasteiger partial charge is 0.497 e. The van der Waals surface area contributed by atoms with E-state index >= 15 is 0 Å². The van der Waals surface area contributed by atoms with E-state index in [4.69, 9.17) is 9.84 Å². The molecule has 1 atom stereocenters. The van der Waals surface area contributed by atoms with Crippen molar-refractivity contribution in [3.05, 3.63) is 45.9 Å². The number of rotatable bonds is 8. The predicted molar refractivity (Wildman–Crippen MR) is 91.6 cm³/mol. The van der Waals surface area contributed by atoms with Gasteiger partial charge in [-0.3, -0.25) is 4.79 Å². The fraction of sp³-hybridized carbons (Fsp3) is 0.353. The molecule has 1 heterocycles. The zero-order chi connectivity index (χ0) is 17.5. The molecule has 0 spiro atoms. The zero-order valence-corrected chi connectivity index (χ0v) is 14.4. The number of benzene rings is 1. The minimum Gasteiger partial charge on any atom is -0.497 e. The molecule has 128 valence electrons. The topological polar surface area (TPSA) is 88.5 Å². The molecule has 6 nitrogen and oxygen atoms in total. The molecule has 2 aromatic rings. The van der Waals surface area contributed by atoms with Crippen LogP contribution in [0.5, 0.6) is 5.75 Å². The molecule has 0 saturated heterocycles. The Morgan fingerprint density at radius 2 is 2.04 bits per heavy atom. The molecule has 1 unspecified atom stereocenters. The molecule has 0 aliphatic rings. The van der Waals surface area contributed by atoms with E-state index in [1.54, 1.807) is 7.11 Å². The average Bonchev–Trinajstić information content (AvgIpc) is 3.07. The Morgan fingerprint density at radius 3 is 2.58 bits per heavy atom. The van der Waals surface area contributed by atoms with Crippen molar-refractivity contribution in [2.24, 2.45) is 0 Å². The van der Waals surface area contributed by atoms with E-state index in [9.17, 15) is 9.59 Å². The predicted octanol–water partition coefficient (Wildman–Crippen LogP) is 3.05. The van der Waals surface area contributed by atoms with Crippen LogP contribution in [0, 0.1) is 0 Å². The Bertz CT molecular complexity index is 697. The second-order valence-electron chi connectivity index (χ2n) is 5.29. The number of carbonyl (C=O) groups is 2. The fourth-order valence-electron chi connectivity index (χ4n) is 2.33. The van der Waals surface area contributed by atoms with Crippen LogP contribution in [0.15, 0.2) is 29.6 Å². The summed E-state index contributed by atoms with van der Waals surface area (Å²) in [5.41, 5.74) is 1.10. The number of methoxy groups -OCH3 is 1. The van der Waals surface area contributed by atoms with E-state index in [-0.39, 0.29) is 24.1 Å². The summed E-state index contributed by atoms with van der Waals surface area (Å²) in [5, 5.41) is 13.7. The molecular weight excluding hydrogens is 328 g/mol. The molecule has 7 heteroatoms. The van der Waals surface area contributed by atoms with Crippen molar-refractivity contribution in [3.8, 4) is 5.75 Å². The number of nitrogens with one attached hydrogen (secondary N) is 1. The van der Waals surface area contributed by atoms with Crippen molar-refractivity contribution in [1.29, 1.82) is 0 Å². The zero-order valence-electron chi connectivity index (χ0n) is 13.6. The molecule has 0 aliphatic carbocycles. The highest BCUT2D eigenvalue weighted by atomic mass is 32.1. The summed E-state index contributed by atoms with van der Waals surface area (Å²) >= 11 is 1.22. The SMILES string of the molecule is CCC(CC(=O)NCc1nc(C(=O)O)cs1)c1ccc(OC)cc1. The molecule has 24 heavy (non-hydrogen) atoms. The van der Waals surface area contributed by atoms with Crippen LogP contribution in [0.1, 0.15) is 46.7 Å². The molecule has 1 amide bonds. The third kappa shape index (κ3) is 4.79. The van der Waals surface area contributed by atoms with Gasteiger partial charge in [-0.1, -0.05) is 19.1 Å². The molecule has 0 aliphatic heterocycles. The van der Waals surface area contributed by atoms with Crippen molar-refractivity contribution in [3.63, 3.8) is 0 Å². The van der Waals surface area contributed by atoms with Gasteiger partial charge in [0.2, 0.25) is 5.91 Å². The summed E-state index contributed by atoms with van der Waals surface area (Å²) < 4.78 is 5.14. The number of carboxylic acids is 1. The first-order valence-electron chi connectivity index (χ1n) is 7.61. The van der Waals surface area contributed by atoms with E-state index in [0.717, 1.165) is 17.7 Å². The molecule has 1 aromatic heterocycles. The minimum absolute atomic E-state index is 0.00826. The van der Waals surface area contributed by atoms with Gasteiger partial charge < -0.3 is 15.2 Å². The van der Waals surface area contributed by atoms with Crippen molar-refractivity contribution >= 4 is 23.2 Å². The van der Waals surface area contributed by atoms with Gasteiger partial charge in [0.05, 0.1) is 13.7 Å². The number of aromatic carboxylic acids is 1. The van der Waals surface area contributed by atoms with Crippen LogP contribution in [0.4, 0.5) is 0 Å². The maximum atomic E-state index is 12.1. The minimum atomic E-state index is -1.06. The smallest absolute Gasteiger partial charge is 0.355 e. The summed E-state index contributed by atoms with van der Waals surface area (Å²) in [4.78, 5) is 26.9. The lowest BCUT2D eigenvalue weighted by molar-refractivity contribution is -0.121. The van der Waals surface area contributed by atoms with Gasteiger partial charge in [0, 0.05) is 11.8 Å². The van der Waals surface area contributed by atoms with Crippen LogP contribution < -0.4 is 10.1 Å². The molecule has 1 aromatic carbocycles. The second kappa shape index (κ2) is 8.44. The first kappa shape index (κ1) is 17.9. The number of ether oxygens (including phenoxy) is 1. The van der Waals surface area contributed by atoms with E-state index in [0.29, 0.717) is 11.4 Å². The van der Waals surface area contributed by atoms with Gasteiger partial charge in [0.1, 0.15) is 10.8 Å². The van der Waals surface area contributed by atoms with E-state index < -0.39 is 5.97 Å². The lowest BCUT2D eigenvalue weighted by atomic mass is 9.93. The van der Waals surface area contributed by atoms with Crippen molar-refractivity contribution in [2.45, 2.75) is 32.2 Å². The number of aromatic nitrogens is 1. The number of hydrogen-bond donors (Lipinski definition) is 2. The number of carboxylic acid groups (broad SMARTS) is 1. The van der Waals surface area contributed by atoms with Crippen LogP contribution in [0.2, 0.25) is 0 Å². The molecule has 0 radical (unpaired) electrons. The van der Waals surface area contributed by atoms with Crippen LogP contribution in [-0.4, -0.2) is 29.1 Å². The van der Waals surface area contributed by atoms with Crippen LogP contribution >= 0.6 is 11.3 Å². The normalized spacial score (nSPS) is 11.8. The lowest BCUT2D eigenvalue weighted by Crippen LogP contribution is -2.24. The van der Waals surface area contributed by atoms with Gasteiger partial charge in [-0.2, -0.15) is 0 Å². The van der Waals surface area contributed by atoms with E-state index in [1.807, 2.05) is 31.2 Å². The Labute approximate surface area is 144 Å². The first-order valence-corrected chi connectivity index (χ1v) is 8.49. The molecule has 2 N–H and O–H groups in total. The lowest BCUT2D eigenvalue weighted by Gasteiger charge is -2.15. The highest BCUT2D eigenvalue weighted by Crippen LogP contribution is 2.25. The molecule has 0 fully saturated rings. The summed E-state index contributed by atoms with van der Waals surface area (Å²) in [6.07, 6.45) is 1.22. The first-order chi connectivity index (χ1) is 11.5. The van der Waals surface area contributed by atoms with Crippen LogP contribution in [-0.2, 0) is 11.3 Å². The number of amides is 1.